The van der Waals surface area contributed by atoms with Crippen molar-refractivity contribution in [1.82, 2.24) is 9.97 Å². The molecule has 0 amide bonds. The van der Waals surface area contributed by atoms with Crippen LogP contribution in [0.15, 0.2) is 36.4 Å². The number of anilines is 2. The van der Waals surface area contributed by atoms with Gasteiger partial charge in [-0.05, 0) is 12.0 Å². The molecule has 1 saturated carbocycles. The Bertz CT molecular complexity index is 631. The lowest BCUT2D eigenvalue weighted by Crippen LogP contribution is -2.18. The lowest BCUT2D eigenvalue weighted by atomic mass is 9.96. The number of nitrogens with two attached hydrogens (primary N) is 1. The maximum atomic E-state index is 5.91. The van der Waals surface area contributed by atoms with Crippen LogP contribution in [0.25, 0.3) is 0 Å². The Morgan fingerprint density at radius 2 is 1.86 bits per heavy atom. The summed E-state index contributed by atoms with van der Waals surface area (Å²) in [6.45, 7) is 6.28. The van der Waals surface area contributed by atoms with E-state index in [4.69, 9.17) is 5.73 Å². The predicted molar refractivity (Wildman–Crippen MR) is 86.4 cm³/mol. The van der Waals surface area contributed by atoms with Gasteiger partial charge in [-0.3, -0.25) is 0 Å². The van der Waals surface area contributed by atoms with Gasteiger partial charge in [0.1, 0.15) is 17.5 Å². The molecular weight excluding hydrogens is 260 g/mol. The zero-order chi connectivity index (χ0) is 15.0. The molecule has 21 heavy (non-hydrogen) atoms. The van der Waals surface area contributed by atoms with Gasteiger partial charge in [-0.25, -0.2) is 9.97 Å². The first-order chi connectivity index (χ1) is 9.93. The van der Waals surface area contributed by atoms with Crippen LogP contribution in [0.1, 0.15) is 44.5 Å². The van der Waals surface area contributed by atoms with Crippen LogP contribution in [0.5, 0.6) is 0 Å². The minimum Gasteiger partial charge on any atom is -0.384 e. The van der Waals surface area contributed by atoms with Gasteiger partial charge >= 0.3 is 0 Å². The van der Waals surface area contributed by atoms with Crippen molar-refractivity contribution in [2.45, 2.75) is 44.6 Å². The van der Waals surface area contributed by atoms with E-state index in [1.54, 1.807) is 0 Å². The number of nitrogens with one attached hydrogen (secondary N) is 1. The van der Waals surface area contributed by atoms with Crippen LogP contribution in [0.3, 0.4) is 0 Å². The molecule has 2 unspecified atom stereocenters. The minimum atomic E-state index is -0.103. The van der Waals surface area contributed by atoms with Gasteiger partial charge in [0.05, 0.1) is 0 Å². The summed E-state index contributed by atoms with van der Waals surface area (Å²) in [4.78, 5) is 8.95. The standard InChI is InChI=1S/C17H22N4/c1-17(2,3)16-20-14(18)10-15(21-16)19-13-9-12(13)11-7-5-4-6-8-11/h4-8,10,12-13H,9H2,1-3H3,(H3,18,19,20,21). The van der Waals surface area contributed by atoms with Crippen molar-refractivity contribution in [3.63, 3.8) is 0 Å². The summed E-state index contributed by atoms with van der Waals surface area (Å²) in [5.41, 5.74) is 7.19. The van der Waals surface area contributed by atoms with Crippen LogP contribution in [0, 0.1) is 0 Å². The summed E-state index contributed by atoms with van der Waals surface area (Å²) in [7, 11) is 0. The highest BCUT2D eigenvalue weighted by molar-refractivity contribution is 5.48. The van der Waals surface area contributed by atoms with Gasteiger partial charge in [0.2, 0.25) is 0 Å². The second kappa shape index (κ2) is 5.02. The third kappa shape index (κ3) is 3.15. The number of hydrogen-bond acceptors (Lipinski definition) is 4. The quantitative estimate of drug-likeness (QED) is 0.906. The Balaban J connectivity index is 1.74. The fourth-order valence-electron chi connectivity index (χ4n) is 2.49. The zero-order valence-electron chi connectivity index (χ0n) is 12.8. The molecule has 0 bridgehead atoms. The molecule has 1 aliphatic carbocycles. The van der Waals surface area contributed by atoms with Crippen molar-refractivity contribution < 1.29 is 0 Å². The molecule has 0 aliphatic heterocycles. The Hall–Kier alpha value is -2.10. The molecule has 4 heteroatoms. The first-order valence-electron chi connectivity index (χ1n) is 7.40. The SMILES string of the molecule is CC(C)(C)c1nc(N)cc(NC2CC2c2ccccc2)n1. The molecule has 1 aromatic carbocycles. The minimum absolute atomic E-state index is 0.103. The number of hydrogen-bond donors (Lipinski definition) is 2. The Labute approximate surface area is 125 Å². The molecule has 1 aliphatic rings. The molecule has 2 atom stereocenters. The van der Waals surface area contributed by atoms with E-state index < -0.39 is 0 Å². The highest BCUT2D eigenvalue weighted by Crippen LogP contribution is 2.42. The van der Waals surface area contributed by atoms with Gasteiger partial charge in [0, 0.05) is 23.4 Å². The average molecular weight is 282 g/mol. The third-order valence-corrected chi connectivity index (χ3v) is 3.77. The van der Waals surface area contributed by atoms with Gasteiger partial charge in [-0.2, -0.15) is 0 Å². The molecule has 3 N–H and O–H groups in total. The van der Waals surface area contributed by atoms with Crippen LogP contribution in [0.2, 0.25) is 0 Å². The van der Waals surface area contributed by atoms with Gasteiger partial charge in [0.25, 0.3) is 0 Å². The Morgan fingerprint density at radius 1 is 1.14 bits per heavy atom. The maximum absolute atomic E-state index is 5.91. The van der Waals surface area contributed by atoms with Crippen molar-refractivity contribution in [2.24, 2.45) is 0 Å². The second-order valence-corrected chi connectivity index (χ2v) is 6.76. The summed E-state index contributed by atoms with van der Waals surface area (Å²) < 4.78 is 0. The smallest absolute Gasteiger partial charge is 0.138 e. The number of benzene rings is 1. The van der Waals surface area contributed by atoms with Gasteiger partial charge in [0.15, 0.2) is 0 Å². The normalized spacial score (nSPS) is 21.1. The molecule has 0 radical (unpaired) electrons. The van der Waals surface area contributed by atoms with Gasteiger partial charge < -0.3 is 11.1 Å². The van der Waals surface area contributed by atoms with Crippen molar-refractivity contribution >= 4 is 11.6 Å². The molecule has 4 nitrogen and oxygen atoms in total. The fraction of sp³-hybridized carbons (Fsp3) is 0.412. The van der Waals surface area contributed by atoms with Crippen LogP contribution >= 0.6 is 0 Å². The van der Waals surface area contributed by atoms with Crippen LogP contribution in [-0.2, 0) is 5.41 Å². The third-order valence-electron chi connectivity index (χ3n) is 3.77. The molecule has 110 valence electrons. The largest absolute Gasteiger partial charge is 0.384 e. The Kier molecular flexibility index (Phi) is 3.32. The maximum Gasteiger partial charge on any atom is 0.138 e. The summed E-state index contributed by atoms with van der Waals surface area (Å²) in [5, 5.41) is 3.49. The number of nitrogens with zero attached hydrogens (tertiary/aromatic N) is 2. The second-order valence-electron chi connectivity index (χ2n) is 6.76. The van der Waals surface area contributed by atoms with Crippen LogP contribution in [-0.4, -0.2) is 16.0 Å². The van der Waals surface area contributed by atoms with E-state index in [1.807, 2.05) is 6.07 Å². The van der Waals surface area contributed by atoms with E-state index in [2.05, 4.69) is 66.4 Å². The topological polar surface area (TPSA) is 63.8 Å². The lowest BCUT2D eigenvalue weighted by molar-refractivity contribution is 0.547. The summed E-state index contributed by atoms with van der Waals surface area (Å²) >= 11 is 0. The molecule has 1 heterocycles. The van der Waals surface area contributed by atoms with Gasteiger partial charge in [-0.1, -0.05) is 51.1 Å². The van der Waals surface area contributed by atoms with Crippen molar-refractivity contribution in [3.05, 3.63) is 47.8 Å². The summed E-state index contributed by atoms with van der Waals surface area (Å²) in [6, 6.07) is 12.8. The molecule has 0 spiro atoms. The summed E-state index contributed by atoms with van der Waals surface area (Å²) in [6.07, 6.45) is 1.14. The fourth-order valence-corrected chi connectivity index (χ4v) is 2.49. The average Bonchev–Trinajstić information content (AvgIpc) is 3.17. The van der Waals surface area contributed by atoms with E-state index >= 15 is 0 Å². The number of aromatic nitrogens is 2. The molecule has 2 aromatic rings. The molecule has 1 fully saturated rings. The number of nitrogen functional groups attached to an aromatic ring is 1. The van der Waals surface area contributed by atoms with E-state index in [9.17, 15) is 0 Å². The summed E-state index contributed by atoms with van der Waals surface area (Å²) in [5.74, 6) is 2.70. The Morgan fingerprint density at radius 3 is 2.52 bits per heavy atom. The molecular formula is C17H22N4. The predicted octanol–water partition coefficient (Wildman–Crippen LogP) is 3.32. The molecule has 3 rings (SSSR count). The first kappa shape index (κ1) is 13.9. The van der Waals surface area contributed by atoms with E-state index in [1.165, 1.54) is 5.56 Å². The van der Waals surface area contributed by atoms with Crippen LogP contribution < -0.4 is 11.1 Å². The van der Waals surface area contributed by atoms with Crippen LogP contribution in [0.4, 0.5) is 11.6 Å². The molecule has 1 aromatic heterocycles. The monoisotopic (exact) mass is 282 g/mol. The van der Waals surface area contributed by atoms with Crippen molar-refractivity contribution in [2.75, 3.05) is 11.1 Å². The van der Waals surface area contributed by atoms with E-state index in [0.717, 1.165) is 18.1 Å². The van der Waals surface area contributed by atoms with E-state index in [-0.39, 0.29) is 5.41 Å². The lowest BCUT2D eigenvalue weighted by Gasteiger charge is -2.18. The van der Waals surface area contributed by atoms with E-state index in [0.29, 0.717) is 17.8 Å². The highest BCUT2D eigenvalue weighted by atomic mass is 15.1. The first-order valence-corrected chi connectivity index (χ1v) is 7.40. The zero-order valence-corrected chi connectivity index (χ0v) is 12.8. The highest BCUT2D eigenvalue weighted by Gasteiger charge is 2.38. The van der Waals surface area contributed by atoms with Crippen molar-refractivity contribution in [1.29, 1.82) is 0 Å². The van der Waals surface area contributed by atoms with Gasteiger partial charge in [-0.15, -0.1) is 0 Å². The molecule has 0 saturated heterocycles. The number of rotatable bonds is 3. The van der Waals surface area contributed by atoms with Crippen molar-refractivity contribution in [3.8, 4) is 0 Å².